The first-order valence-corrected chi connectivity index (χ1v) is 10.3. The number of carbonyl (C=O) groups is 1. The van der Waals surface area contributed by atoms with Gasteiger partial charge < -0.3 is 19.7 Å². The van der Waals surface area contributed by atoms with Crippen LogP contribution in [0.15, 0.2) is 77.3 Å². The number of phenolic OH excluding ortho intramolecular Hbond substituents is 1. The zero-order chi connectivity index (χ0) is 22.2. The number of amides is 1. The second-order valence-corrected chi connectivity index (χ2v) is 7.57. The van der Waals surface area contributed by atoms with Gasteiger partial charge in [-0.1, -0.05) is 40.2 Å². The van der Waals surface area contributed by atoms with E-state index in [1.807, 2.05) is 6.07 Å². The predicted molar refractivity (Wildman–Crippen MR) is 118 cm³/mol. The molecule has 1 amide bonds. The van der Waals surface area contributed by atoms with Crippen molar-refractivity contribution in [3.05, 3.63) is 88.6 Å². The highest BCUT2D eigenvalue weighted by Crippen LogP contribution is 2.30. The molecule has 3 aromatic rings. The van der Waals surface area contributed by atoms with E-state index in [-0.39, 0.29) is 18.6 Å². The molecule has 31 heavy (non-hydrogen) atoms. The first-order chi connectivity index (χ1) is 15.0. The summed E-state index contributed by atoms with van der Waals surface area (Å²) in [5.41, 5.74) is 0.780. The quantitative estimate of drug-likeness (QED) is 0.393. The van der Waals surface area contributed by atoms with Crippen molar-refractivity contribution in [3.63, 3.8) is 0 Å². The Labute approximate surface area is 187 Å². The van der Waals surface area contributed by atoms with Gasteiger partial charge in [-0.2, -0.15) is 0 Å². The summed E-state index contributed by atoms with van der Waals surface area (Å²) >= 11 is 3.32. The van der Waals surface area contributed by atoms with Gasteiger partial charge in [0.1, 0.15) is 11.9 Å². The summed E-state index contributed by atoms with van der Waals surface area (Å²) in [5.74, 6) is -0.881. The average Bonchev–Trinajstić information content (AvgIpc) is 2.76. The first-order valence-electron chi connectivity index (χ1n) is 9.50. The van der Waals surface area contributed by atoms with Crippen molar-refractivity contribution in [2.24, 2.45) is 0 Å². The Morgan fingerprint density at radius 3 is 2.42 bits per heavy atom. The molecular formula is C23H21BrFNO5. The Hall–Kier alpha value is -3.10. The van der Waals surface area contributed by atoms with Gasteiger partial charge in [0.2, 0.25) is 0 Å². The minimum atomic E-state index is -1.06. The number of aliphatic hydroxyl groups excluding tert-OH is 1. The van der Waals surface area contributed by atoms with Crippen molar-refractivity contribution < 1.29 is 28.9 Å². The number of hydrogen-bond donors (Lipinski definition) is 3. The van der Waals surface area contributed by atoms with Crippen molar-refractivity contribution in [1.29, 1.82) is 0 Å². The normalized spacial score (nSPS) is 12.6. The monoisotopic (exact) mass is 489 g/mol. The fraction of sp³-hybridized carbons (Fsp3) is 0.174. The average molecular weight is 490 g/mol. The van der Waals surface area contributed by atoms with Gasteiger partial charge in [-0.3, -0.25) is 5.32 Å². The number of carbonyl (C=O) groups excluding carboxylic acids is 1. The van der Waals surface area contributed by atoms with Gasteiger partial charge in [0.15, 0.2) is 17.7 Å². The lowest BCUT2D eigenvalue weighted by molar-refractivity contribution is 0.00892. The van der Waals surface area contributed by atoms with E-state index in [1.165, 1.54) is 12.1 Å². The first kappa shape index (κ1) is 22.6. The van der Waals surface area contributed by atoms with Gasteiger partial charge in [0.25, 0.3) is 0 Å². The molecule has 0 unspecified atom stereocenters. The molecule has 3 N–H and O–H groups in total. The molecule has 0 radical (unpaired) electrons. The lowest BCUT2D eigenvalue weighted by atomic mass is 10.0. The molecular weight excluding hydrogens is 469 g/mol. The van der Waals surface area contributed by atoms with Crippen LogP contribution in [0.2, 0.25) is 0 Å². The maximum Gasteiger partial charge on any atom is 0.412 e. The van der Waals surface area contributed by atoms with E-state index in [9.17, 15) is 19.4 Å². The largest absolute Gasteiger partial charge is 0.505 e. The van der Waals surface area contributed by atoms with Crippen LogP contribution in [-0.4, -0.2) is 29.0 Å². The topological polar surface area (TPSA) is 88.0 Å². The van der Waals surface area contributed by atoms with Crippen LogP contribution in [-0.2, 0) is 4.74 Å². The third kappa shape index (κ3) is 6.44. The lowest BCUT2D eigenvalue weighted by Gasteiger charge is -2.28. The highest BCUT2D eigenvalue weighted by molar-refractivity contribution is 9.10. The van der Waals surface area contributed by atoms with Crippen LogP contribution in [0.3, 0.4) is 0 Å². The fourth-order valence-corrected chi connectivity index (χ4v) is 3.19. The predicted octanol–water partition coefficient (Wildman–Crippen LogP) is 5.41. The Bertz CT molecular complexity index is 1000. The summed E-state index contributed by atoms with van der Waals surface area (Å²) in [6.45, 7) is -0.244. The van der Waals surface area contributed by atoms with E-state index in [0.717, 1.165) is 10.5 Å². The number of ether oxygens (including phenoxy) is 2. The van der Waals surface area contributed by atoms with Gasteiger partial charge >= 0.3 is 6.09 Å². The number of halogens is 2. The maximum absolute atomic E-state index is 14.0. The van der Waals surface area contributed by atoms with Crippen molar-refractivity contribution in [3.8, 4) is 11.5 Å². The minimum Gasteiger partial charge on any atom is -0.505 e. The van der Waals surface area contributed by atoms with E-state index < -0.39 is 29.9 Å². The van der Waals surface area contributed by atoms with Gasteiger partial charge in [-0.15, -0.1) is 0 Å². The van der Waals surface area contributed by atoms with Crippen LogP contribution in [0.1, 0.15) is 18.1 Å². The van der Waals surface area contributed by atoms with E-state index in [2.05, 4.69) is 21.2 Å². The number of benzene rings is 3. The molecule has 0 aliphatic rings. The molecule has 3 aromatic carbocycles. The smallest absolute Gasteiger partial charge is 0.412 e. The number of hydrogen-bond acceptors (Lipinski definition) is 5. The number of anilines is 1. The molecule has 0 saturated heterocycles. The number of rotatable bonds is 8. The molecule has 0 aliphatic heterocycles. The second-order valence-electron chi connectivity index (χ2n) is 6.65. The SMILES string of the molecule is O=C(Nc1ccc(Br)cc1)O[C@H](c1ccc(O)c(F)c1)[C@@H](CCO)Oc1ccccc1. The van der Waals surface area contributed by atoms with Crippen LogP contribution in [0.25, 0.3) is 0 Å². The van der Waals surface area contributed by atoms with E-state index in [4.69, 9.17) is 9.47 Å². The maximum atomic E-state index is 14.0. The highest BCUT2D eigenvalue weighted by Gasteiger charge is 2.30. The molecule has 0 bridgehead atoms. The number of aliphatic hydroxyl groups is 1. The Balaban J connectivity index is 1.87. The van der Waals surface area contributed by atoms with Gasteiger partial charge in [0.05, 0.1) is 0 Å². The van der Waals surface area contributed by atoms with Crippen molar-refractivity contribution in [2.75, 3.05) is 11.9 Å². The summed E-state index contributed by atoms with van der Waals surface area (Å²) in [4.78, 5) is 12.6. The number of phenols is 1. The molecule has 162 valence electrons. The van der Waals surface area contributed by atoms with Crippen LogP contribution in [0.5, 0.6) is 11.5 Å². The van der Waals surface area contributed by atoms with Crippen LogP contribution in [0.4, 0.5) is 14.9 Å². The number of nitrogens with one attached hydrogen (secondary N) is 1. The molecule has 0 saturated carbocycles. The fourth-order valence-electron chi connectivity index (χ4n) is 2.93. The third-order valence-corrected chi connectivity index (χ3v) is 4.94. The van der Waals surface area contributed by atoms with E-state index >= 15 is 0 Å². The summed E-state index contributed by atoms with van der Waals surface area (Å²) in [6, 6.07) is 19.4. The van der Waals surface area contributed by atoms with Crippen LogP contribution >= 0.6 is 15.9 Å². The molecule has 8 heteroatoms. The molecule has 3 rings (SSSR count). The molecule has 0 aliphatic carbocycles. The molecule has 0 spiro atoms. The molecule has 0 heterocycles. The van der Waals surface area contributed by atoms with E-state index in [1.54, 1.807) is 48.5 Å². The van der Waals surface area contributed by atoms with Crippen molar-refractivity contribution >= 4 is 27.7 Å². The zero-order valence-electron chi connectivity index (χ0n) is 16.4. The summed E-state index contributed by atoms with van der Waals surface area (Å²) in [7, 11) is 0. The van der Waals surface area contributed by atoms with Gasteiger partial charge in [-0.05, 0) is 54.1 Å². The zero-order valence-corrected chi connectivity index (χ0v) is 18.0. The van der Waals surface area contributed by atoms with Gasteiger partial charge in [0, 0.05) is 23.2 Å². The Morgan fingerprint density at radius 1 is 1.06 bits per heavy atom. The summed E-state index contributed by atoms with van der Waals surface area (Å²) in [5, 5.41) is 21.7. The third-order valence-electron chi connectivity index (χ3n) is 4.41. The summed E-state index contributed by atoms with van der Waals surface area (Å²) < 4.78 is 26.4. The lowest BCUT2D eigenvalue weighted by Crippen LogP contribution is -2.31. The molecule has 0 fully saturated rings. The minimum absolute atomic E-state index is 0.119. The van der Waals surface area contributed by atoms with Crippen LogP contribution in [0, 0.1) is 5.82 Å². The van der Waals surface area contributed by atoms with Crippen molar-refractivity contribution in [1.82, 2.24) is 0 Å². The highest BCUT2D eigenvalue weighted by atomic mass is 79.9. The van der Waals surface area contributed by atoms with E-state index in [0.29, 0.717) is 11.4 Å². The molecule has 0 aromatic heterocycles. The number of para-hydroxylation sites is 1. The Morgan fingerprint density at radius 2 is 1.77 bits per heavy atom. The van der Waals surface area contributed by atoms with Crippen LogP contribution < -0.4 is 10.1 Å². The van der Waals surface area contributed by atoms with Gasteiger partial charge in [-0.25, -0.2) is 9.18 Å². The standard InChI is InChI=1S/C23H21BrFNO5/c24-16-7-9-17(10-8-16)26-23(29)31-22(15-6-11-20(28)19(25)14-15)21(12-13-27)30-18-4-2-1-3-5-18/h1-11,14,21-22,27-28H,12-13H2,(H,26,29)/t21-,22-/m1/s1. The van der Waals surface area contributed by atoms with Crippen molar-refractivity contribution in [2.45, 2.75) is 18.6 Å². The molecule has 6 nitrogen and oxygen atoms in total. The molecule has 2 atom stereocenters. The summed E-state index contributed by atoms with van der Waals surface area (Å²) in [6.07, 6.45) is -2.53. The number of aromatic hydroxyl groups is 1. The Kier molecular flexibility index (Phi) is 7.86. The second kappa shape index (κ2) is 10.8.